The number of aromatic hydroxyl groups is 1. The van der Waals surface area contributed by atoms with E-state index in [4.69, 9.17) is 13.9 Å². The van der Waals surface area contributed by atoms with E-state index in [0.717, 1.165) is 0 Å². The lowest BCUT2D eigenvalue weighted by molar-refractivity contribution is -0.121. The number of carbonyl (C=O) groups excluding carboxylic acids is 1. The summed E-state index contributed by atoms with van der Waals surface area (Å²) in [6.45, 7) is 3.11. The van der Waals surface area contributed by atoms with Gasteiger partial charge in [-0.3, -0.25) is 10.1 Å². The number of hydrogen-bond donors (Lipinski definition) is 2. The molecule has 1 heterocycles. The summed E-state index contributed by atoms with van der Waals surface area (Å²) in [6, 6.07) is 6.48. The van der Waals surface area contributed by atoms with Crippen molar-refractivity contribution >= 4 is 11.9 Å². The minimum atomic E-state index is -0.413. The SMILES string of the molecule is CCOCCOCC(=O)Nc1nnc(-c2ccccc2O)o1. The summed E-state index contributed by atoms with van der Waals surface area (Å²) in [6.07, 6.45) is 0. The lowest BCUT2D eigenvalue weighted by Crippen LogP contribution is -2.20. The molecule has 2 aromatic rings. The normalized spacial score (nSPS) is 10.6. The Morgan fingerprint density at radius 1 is 1.27 bits per heavy atom. The smallest absolute Gasteiger partial charge is 0.322 e. The number of carbonyl (C=O) groups is 1. The minimum Gasteiger partial charge on any atom is -0.507 e. The van der Waals surface area contributed by atoms with Crippen LogP contribution in [0.2, 0.25) is 0 Å². The van der Waals surface area contributed by atoms with Crippen molar-refractivity contribution in [3.8, 4) is 17.2 Å². The Morgan fingerprint density at radius 2 is 2.05 bits per heavy atom. The molecule has 0 aliphatic carbocycles. The Labute approximate surface area is 127 Å². The van der Waals surface area contributed by atoms with Gasteiger partial charge in [0.15, 0.2) is 0 Å². The lowest BCUT2D eigenvalue weighted by atomic mass is 10.2. The fourth-order valence-electron chi connectivity index (χ4n) is 1.62. The summed E-state index contributed by atoms with van der Waals surface area (Å²) >= 11 is 0. The number of phenolic OH excluding ortho intramolecular Hbond substituents is 1. The largest absolute Gasteiger partial charge is 0.507 e. The molecule has 0 saturated carbocycles. The highest BCUT2D eigenvalue weighted by molar-refractivity contribution is 5.89. The molecule has 8 nitrogen and oxygen atoms in total. The summed E-state index contributed by atoms with van der Waals surface area (Å²) in [5.41, 5.74) is 0.392. The van der Waals surface area contributed by atoms with Crippen LogP contribution < -0.4 is 5.32 Å². The number of para-hydroxylation sites is 1. The number of anilines is 1. The summed E-state index contributed by atoms with van der Waals surface area (Å²) in [4.78, 5) is 11.6. The van der Waals surface area contributed by atoms with Crippen LogP contribution >= 0.6 is 0 Å². The zero-order valence-corrected chi connectivity index (χ0v) is 12.1. The minimum absolute atomic E-state index is 0.0169. The topological polar surface area (TPSA) is 107 Å². The van der Waals surface area contributed by atoms with Gasteiger partial charge in [-0.2, -0.15) is 0 Å². The van der Waals surface area contributed by atoms with E-state index >= 15 is 0 Å². The first-order chi connectivity index (χ1) is 10.7. The molecule has 0 atom stereocenters. The highest BCUT2D eigenvalue weighted by Gasteiger charge is 2.13. The van der Waals surface area contributed by atoms with E-state index in [0.29, 0.717) is 25.4 Å². The molecule has 0 fully saturated rings. The van der Waals surface area contributed by atoms with E-state index in [9.17, 15) is 9.90 Å². The van der Waals surface area contributed by atoms with Crippen LogP contribution in [0.15, 0.2) is 28.7 Å². The molecule has 0 unspecified atom stereocenters. The monoisotopic (exact) mass is 307 g/mol. The maximum absolute atomic E-state index is 11.6. The average Bonchev–Trinajstić information content (AvgIpc) is 2.95. The molecule has 1 amide bonds. The predicted octanol–water partition coefficient (Wildman–Crippen LogP) is 1.43. The van der Waals surface area contributed by atoms with Crippen LogP contribution in [-0.2, 0) is 14.3 Å². The third kappa shape index (κ3) is 4.54. The number of phenols is 1. The molecule has 0 radical (unpaired) electrons. The Morgan fingerprint density at radius 3 is 2.82 bits per heavy atom. The quantitative estimate of drug-likeness (QED) is 0.710. The van der Waals surface area contributed by atoms with E-state index in [-0.39, 0.29) is 24.3 Å². The molecule has 2 N–H and O–H groups in total. The zero-order chi connectivity index (χ0) is 15.8. The number of benzene rings is 1. The van der Waals surface area contributed by atoms with E-state index in [1.165, 1.54) is 6.07 Å². The maximum Gasteiger partial charge on any atom is 0.322 e. The molecule has 118 valence electrons. The molecular formula is C14H17N3O5. The van der Waals surface area contributed by atoms with Crippen molar-refractivity contribution in [2.24, 2.45) is 0 Å². The Kier molecular flexibility index (Phi) is 5.87. The lowest BCUT2D eigenvalue weighted by Gasteiger charge is -2.03. The molecule has 0 aliphatic heterocycles. The summed E-state index contributed by atoms with van der Waals surface area (Å²) in [7, 11) is 0. The Balaban J connectivity index is 1.84. The van der Waals surface area contributed by atoms with E-state index in [1.807, 2.05) is 6.92 Å². The number of nitrogens with one attached hydrogen (secondary N) is 1. The van der Waals surface area contributed by atoms with Crippen molar-refractivity contribution < 1.29 is 23.8 Å². The number of rotatable bonds is 8. The number of hydrogen-bond acceptors (Lipinski definition) is 7. The van der Waals surface area contributed by atoms with Gasteiger partial charge in [-0.1, -0.05) is 17.2 Å². The maximum atomic E-state index is 11.6. The highest BCUT2D eigenvalue weighted by Crippen LogP contribution is 2.28. The van der Waals surface area contributed by atoms with Crippen LogP contribution in [0.3, 0.4) is 0 Å². The summed E-state index contributed by atoms with van der Waals surface area (Å²) in [5.74, 6) is -0.280. The first kappa shape index (κ1) is 15.9. The second-order valence-electron chi connectivity index (χ2n) is 4.23. The number of nitrogens with zero attached hydrogens (tertiary/aromatic N) is 2. The molecule has 22 heavy (non-hydrogen) atoms. The molecular weight excluding hydrogens is 290 g/mol. The molecule has 1 aromatic carbocycles. The van der Waals surface area contributed by atoms with Crippen LogP contribution in [0.5, 0.6) is 5.75 Å². The van der Waals surface area contributed by atoms with Crippen molar-refractivity contribution in [1.82, 2.24) is 10.2 Å². The van der Waals surface area contributed by atoms with Crippen molar-refractivity contribution in [3.63, 3.8) is 0 Å². The standard InChI is InChI=1S/C14H17N3O5/c1-2-20-7-8-21-9-12(19)15-14-17-16-13(22-14)10-5-3-4-6-11(10)18/h3-6,18H,2,7-9H2,1H3,(H,15,17,19). The van der Waals surface area contributed by atoms with E-state index in [1.54, 1.807) is 18.2 Å². The van der Waals surface area contributed by atoms with Crippen molar-refractivity contribution in [3.05, 3.63) is 24.3 Å². The molecule has 0 aliphatic rings. The number of amides is 1. The van der Waals surface area contributed by atoms with Gasteiger partial charge in [0.1, 0.15) is 12.4 Å². The van der Waals surface area contributed by atoms with Crippen LogP contribution in [0.1, 0.15) is 6.92 Å². The molecule has 0 bridgehead atoms. The van der Waals surface area contributed by atoms with Crippen LogP contribution in [0, 0.1) is 0 Å². The van der Waals surface area contributed by atoms with Crippen LogP contribution in [-0.4, -0.2) is 47.6 Å². The van der Waals surface area contributed by atoms with E-state index < -0.39 is 5.91 Å². The summed E-state index contributed by atoms with van der Waals surface area (Å²) in [5, 5.41) is 19.6. The van der Waals surface area contributed by atoms with Gasteiger partial charge in [-0.15, -0.1) is 5.10 Å². The van der Waals surface area contributed by atoms with Crippen LogP contribution in [0.4, 0.5) is 6.01 Å². The second-order valence-corrected chi connectivity index (χ2v) is 4.23. The van der Waals surface area contributed by atoms with Gasteiger partial charge < -0.3 is 19.0 Å². The van der Waals surface area contributed by atoms with Gasteiger partial charge in [0.25, 0.3) is 11.8 Å². The Bertz CT molecular complexity index is 614. The van der Waals surface area contributed by atoms with Crippen LogP contribution in [0.25, 0.3) is 11.5 Å². The van der Waals surface area contributed by atoms with Crippen molar-refractivity contribution in [2.45, 2.75) is 6.92 Å². The third-order valence-electron chi connectivity index (χ3n) is 2.62. The van der Waals surface area contributed by atoms with E-state index in [2.05, 4.69) is 15.5 Å². The van der Waals surface area contributed by atoms with Gasteiger partial charge in [0.2, 0.25) is 0 Å². The fourth-order valence-corrected chi connectivity index (χ4v) is 1.62. The van der Waals surface area contributed by atoms with Gasteiger partial charge in [-0.25, -0.2) is 0 Å². The molecule has 8 heteroatoms. The highest BCUT2D eigenvalue weighted by atomic mass is 16.5. The molecule has 1 aromatic heterocycles. The van der Waals surface area contributed by atoms with Crippen molar-refractivity contribution in [1.29, 1.82) is 0 Å². The first-order valence-electron chi connectivity index (χ1n) is 6.78. The van der Waals surface area contributed by atoms with Gasteiger partial charge in [-0.05, 0) is 19.1 Å². The predicted molar refractivity (Wildman–Crippen MR) is 77.3 cm³/mol. The average molecular weight is 307 g/mol. The zero-order valence-electron chi connectivity index (χ0n) is 12.1. The molecule has 0 saturated heterocycles. The molecule has 2 rings (SSSR count). The molecule has 0 spiro atoms. The fraction of sp³-hybridized carbons (Fsp3) is 0.357. The Hall–Kier alpha value is -2.45. The van der Waals surface area contributed by atoms with Gasteiger partial charge in [0.05, 0.1) is 18.8 Å². The second kappa shape index (κ2) is 8.11. The third-order valence-corrected chi connectivity index (χ3v) is 2.62. The summed E-state index contributed by atoms with van der Waals surface area (Å²) < 4.78 is 15.5. The van der Waals surface area contributed by atoms with Gasteiger partial charge in [0, 0.05) is 6.61 Å². The number of aromatic nitrogens is 2. The first-order valence-corrected chi connectivity index (χ1v) is 6.78. The number of ether oxygens (including phenoxy) is 2. The van der Waals surface area contributed by atoms with Crippen molar-refractivity contribution in [2.75, 3.05) is 31.7 Å². The van der Waals surface area contributed by atoms with Gasteiger partial charge >= 0.3 is 6.01 Å².